The van der Waals surface area contributed by atoms with Gasteiger partial charge < -0.3 is 10.1 Å². The second-order valence-corrected chi connectivity index (χ2v) is 12.8. The van der Waals surface area contributed by atoms with Crippen LogP contribution < -0.4 is 0 Å². The molecular formula is C27H31FN4O3S. The van der Waals surface area contributed by atoms with Crippen molar-refractivity contribution in [3.8, 4) is 17.2 Å². The Kier molecular flexibility index (Phi) is 6.18. The highest BCUT2D eigenvalue weighted by Gasteiger charge is 2.49. The van der Waals surface area contributed by atoms with Crippen LogP contribution in [-0.4, -0.2) is 59.0 Å². The van der Waals surface area contributed by atoms with E-state index in [0.717, 1.165) is 0 Å². The third kappa shape index (κ3) is 4.01. The number of nitriles is 1. The fourth-order valence-corrected chi connectivity index (χ4v) is 7.83. The molecule has 0 amide bonds. The van der Waals surface area contributed by atoms with E-state index in [4.69, 9.17) is 0 Å². The van der Waals surface area contributed by atoms with Crippen molar-refractivity contribution >= 4 is 20.9 Å². The number of fused-ring (bicyclic) bond motifs is 1. The first-order chi connectivity index (χ1) is 17.0. The van der Waals surface area contributed by atoms with Crippen LogP contribution in [0.3, 0.4) is 0 Å². The smallest absolute Gasteiger partial charge is 0.150 e. The van der Waals surface area contributed by atoms with E-state index in [-0.39, 0.29) is 29.4 Å². The zero-order chi connectivity index (χ0) is 25.8. The first-order valence-electron chi connectivity index (χ1n) is 12.4. The number of rotatable bonds is 3. The SMILES string of the molecule is Cc1cc(-c2ccnc3[nH]cc(C#N)c23)cc(F)c1[C@@]1(O)[C@H](C)CN(C2CCS(=O)(=O)CC2)C[C@@H]1C. The monoisotopic (exact) mass is 510 g/mol. The molecule has 3 atom stereocenters. The molecule has 0 unspecified atom stereocenters. The molecule has 5 rings (SSSR count). The van der Waals surface area contributed by atoms with Crippen molar-refractivity contribution in [3.63, 3.8) is 0 Å². The summed E-state index contributed by atoms with van der Waals surface area (Å²) >= 11 is 0. The Balaban J connectivity index is 1.48. The average Bonchev–Trinajstić information content (AvgIpc) is 3.25. The number of aromatic amines is 1. The number of aliphatic hydroxyl groups is 1. The lowest BCUT2D eigenvalue weighted by Crippen LogP contribution is -2.58. The van der Waals surface area contributed by atoms with Gasteiger partial charge in [0.05, 0.1) is 17.1 Å². The molecule has 2 fully saturated rings. The van der Waals surface area contributed by atoms with Gasteiger partial charge in [0.2, 0.25) is 0 Å². The normalized spacial score (nSPS) is 27.2. The lowest BCUT2D eigenvalue weighted by molar-refractivity contribution is -0.122. The number of benzene rings is 1. The quantitative estimate of drug-likeness (QED) is 0.553. The molecule has 0 radical (unpaired) electrons. The van der Waals surface area contributed by atoms with Gasteiger partial charge in [-0.05, 0) is 48.6 Å². The zero-order valence-corrected chi connectivity index (χ0v) is 21.6. The summed E-state index contributed by atoms with van der Waals surface area (Å²) in [5.74, 6) is -0.564. The van der Waals surface area contributed by atoms with Crippen LogP contribution in [0.15, 0.2) is 30.6 Å². The molecule has 3 aromatic rings. The van der Waals surface area contributed by atoms with E-state index in [1.807, 2.05) is 26.8 Å². The average molecular weight is 511 g/mol. The Hall–Kier alpha value is -2.80. The number of halogens is 1. The minimum Gasteiger partial charge on any atom is -0.384 e. The number of sulfone groups is 1. The molecule has 0 bridgehead atoms. The van der Waals surface area contributed by atoms with Gasteiger partial charge in [-0.15, -0.1) is 0 Å². The van der Waals surface area contributed by atoms with Crippen molar-refractivity contribution in [1.82, 2.24) is 14.9 Å². The molecular weight excluding hydrogens is 479 g/mol. The molecule has 2 aromatic heterocycles. The van der Waals surface area contributed by atoms with Gasteiger partial charge in [0.1, 0.15) is 33.0 Å². The van der Waals surface area contributed by atoms with Crippen LogP contribution >= 0.6 is 0 Å². The molecule has 7 nitrogen and oxygen atoms in total. The van der Waals surface area contributed by atoms with Crippen LogP contribution in [0.2, 0.25) is 0 Å². The third-order valence-corrected chi connectivity index (χ3v) is 9.97. The van der Waals surface area contributed by atoms with E-state index in [1.165, 1.54) is 6.07 Å². The van der Waals surface area contributed by atoms with Crippen LogP contribution in [0.5, 0.6) is 0 Å². The highest BCUT2D eigenvalue weighted by molar-refractivity contribution is 7.91. The highest BCUT2D eigenvalue weighted by atomic mass is 32.2. The Labute approximate surface area is 210 Å². The van der Waals surface area contributed by atoms with Gasteiger partial charge in [-0.2, -0.15) is 5.26 Å². The lowest BCUT2D eigenvalue weighted by Gasteiger charge is -2.51. The minimum absolute atomic E-state index is 0.168. The Morgan fingerprint density at radius 3 is 2.50 bits per heavy atom. The first-order valence-corrected chi connectivity index (χ1v) is 14.2. The Morgan fingerprint density at radius 2 is 1.89 bits per heavy atom. The molecule has 2 aliphatic rings. The summed E-state index contributed by atoms with van der Waals surface area (Å²) in [6.45, 7) is 6.86. The maximum Gasteiger partial charge on any atom is 0.150 e. The minimum atomic E-state index is -2.95. The molecule has 2 aliphatic heterocycles. The van der Waals surface area contributed by atoms with Crippen molar-refractivity contribution in [1.29, 1.82) is 5.26 Å². The van der Waals surface area contributed by atoms with Gasteiger partial charge in [0, 0.05) is 54.3 Å². The number of aryl methyl sites for hydroxylation is 1. The Morgan fingerprint density at radius 1 is 1.22 bits per heavy atom. The largest absolute Gasteiger partial charge is 0.384 e. The first kappa shape index (κ1) is 24.9. The third-order valence-electron chi connectivity index (χ3n) is 8.25. The van der Waals surface area contributed by atoms with Crippen molar-refractivity contribution in [2.45, 2.75) is 45.3 Å². The lowest BCUT2D eigenvalue weighted by atomic mass is 9.68. The number of hydrogen-bond acceptors (Lipinski definition) is 6. The second kappa shape index (κ2) is 8.94. The summed E-state index contributed by atoms with van der Waals surface area (Å²) in [7, 11) is -2.95. The van der Waals surface area contributed by atoms with Gasteiger partial charge in [0.15, 0.2) is 0 Å². The van der Waals surface area contributed by atoms with E-state index in [2.05, 4.69) is 20.9 Å². The summed E-state index contributed by atoms with van der Waals surface area (Å²) in [4.78, 5) is 9.55. The highest BCUT2D eigenvalue weighted by Crippen LogP contribution is 2.45. The van der Waals surface area contributed by atoms with Gasteiger partial charge >= 0.3 is 0 Å². The number of H-pyrrole nitrogens is 1. The van der Waals surface area contributed by atoms with E-state index >= 15 is 4.39 Å². The second-order valence-electron chi connectivity index (χ2n) is 10.5. The number of nitrogens with zero attached hydrogens (tertiary/aromatic N) is 3. The predicted octanol–water partition coefficient (Wildman–Crippen LogP) is 3.90. The maximum absolute atomic E-state index is 15.9. The van der Waals surface area contributed by atoms with Crippen LogP contribution in [0.25, 0.3) is 22.2 Å². The van der Waals surface area contributed by atoms with Crippen LogP contribution in [-0.2, 0) is 15.4 Å². The van der Waals surface area contributed by atoms with Gasteiger partial charge in [-0.1, -0.05) is 19.9 Å². The van der Waals surface area contributed by atoms with E-state index in [0.29, 0.717) is 64.8 Å². The van der Waals surface area contributed by atoms with E-state index < -0.39 is 21.3 Å². The molecule has 0 spiro atoms. The fourth-order valence-electron chi connectivity index (χ4n) is 6.37. The molecule has 2 N–H and O–H groups in total. The predicted molar refractivity (Wildman–Crippen MR) is 136 cm³/mol. The molecule has 36 heavy (non-hydrogen) atoms. The van der Waals surface area contributed by atoms with E-state index in [9.17, 15) is 18.8 Å². The van der Waals surface area contributed by atoms with Gasteiger partial charge in [-0.25, -0.2) is 17.8 Å². The standard InChI is InChI=1S/C27H31FN4O3S/c1-16-10-19(22-4-7-30-26-24(22)20(12-29)13-31-26)11-23(28)25(16)27(33)17(2)14-32(15-18(27)3)21-5-8-36(34,35)9-6-21/h4,7,10-11,13,17-18,21,33H,5-6,8-9,14-15H2,1-3H3,(H,30,31)/t17-,18+,27-. The van der Waals surface area contributed by atoms with Crippen molar-refractivity contribution in [2.75, 3.05) is 24.6 Å². The van der Waals surface area contributed by atoms with Crippen molar-refractivity contribution < 1.29 is 17.9 Å². The Bertz CT molecular complexity index is 1430. The summed E-state index contributed by atoms with van der Waals surface area (Å²) in [6.07, 6.45) is 4.43. The summed E-state index contributed by atoms with van der Waals surface area (Å²) in [5.41, 5.74) is 1.96. The van der Waals surface area contributed by atoms with Crippen molar-refractivity contribution in [2.24, 2.45) is 11.8 Å². The number of nitrogens with one attached hydrogen (secondary N) is 1. The molecule has 0 aliphatic carbocycles. The maximum atomic E-state index is 15.9. The van der Waals surface area contributed by atoms with E-state index in [1.54, 1.807) is 18.5 Å². The molecule has 190 valence electrons. The summed E-state index contributed by atoms with van der Waals surface area (Å²) in [6, 6.07) is 7.42. The zero-order valence-electron chi connectivity index (χ0n) is 20.8. The molecule has 1 aromatic carbocycles. The number of aromatic nitrogens is 2. The molecule has 9 heteroatoms. The van der Waals surface area contributed by atoms with Crippen molar-refractivity contribution in [3.05, 3.63) is 53.1 Å². The number of likely N-dealkylation sites (tertiary alicyclic amines) is 1. The molecule has 0 saturated carbocycles. The van der Waals surface area contributed by atoms with Crippen LogP contribution in [0, 0.1) is 35.9 Å². The summed E-state index contributed by atoms with van der Waals surface area (Å²) < 4.78 is 39.6. The summed E-state index contributed by atoms with van der Waals surface area (Å²) in [5, 5.41) is 22.2. The van der Waals surface area contributed by atoms with Gasteiger partial charge in [-0.3, -0.25) is 4.90 Å². The van der Waals surface area contributed by atoms with Crippen LogP contribution in [0.4, 0.5) is 4.39 Å². The van der Waals surface area contributed by atoms with Crippen LogP contribution in [0.1, 0.15) is 43.4 Å². The number of pyridine rings is 1. The topological polar surface area (TPSA) is 110 Å². The molecule has 4 heterocycles. The fraction of sp³-hybridized carbons (Fsp3) is 0.481. The number of piperidine rings is 1. The number of hydrogen-bond donors (Lipinski definition) is 2. The molecule has 2 saturated heterocycles. The van der Waals surface area contributed by atoms with Gasteiger partial charge in [0.25, 0.3) is 0 Å².